The van der Waals surface area contributed by atoms with Crippen molar-refractivity contribution in [2.24, 2.45) is 0 Å². The second-order valence-corrected chi connectivity index (χ2v) is 3.34. The van der Waals surface area contributed by atoms with Crippen molar-refractivity contribution in [3.05, 3.63) is 12.8 Å². The van der Waals surface area contributed by atoms with Crippen LogP contribution in [0.1, 0.15) is 55.4 Å². The van der Waals surface area contributed by atoms with Gasteiger partial charge >= 0.3 is 21.7 Å². The van der Waals surface area contributed by atoms with E-state index in [0.29, 0.717) is 0 Å². The fourth-order valence-corrected chi connectivity index (χ4v) is 0. The van der Waals surface area contributed by atoms with E-state index in [1.807, 2.05) is 40.5 Å². The smallest absolute Gasteiger partial charge is 0.394 e. The third-order valence-electron chi connectivity index (χ3n) is 0. The van der Waals surface area contributed by atoms with Crippen LogP contribution in [-0.2, 0) is 21.7 Å². The zero-order valence-corrected chi connectivity index (χ0v) is 13.3. The van der Waals surface area contributed by atoms with E-state index in [1.54, 1.807) is 27.7 Å². The molecule has 0 aromatic carbocycles. The van der Waals surface area contributed by atoms with Crippen molar-refractivity contribution >= 4 is 0 Å². The van der Waals surface area contributed by atoms with Crippen LogP contribution in [0.3, 0.4) is 0 Å². The first kappa shape index (κ1) is 29.6. The predicted octanol–water partition coefficient (Wildman–Crippen LogP) is 3.23. The molecule has 0 amide bonds. The molecular formula is C12H30O2Ti. The molecule has 0 unspecified atom stereocenters. The zero-order valence-electron chi connectivity index (χ0n) is 11.7. The first-order valence-electron chi connectivity index (χ1n) is 5.14. The molecule has 94 valence electrons. The number of hydrogen-bond acceptors (Lipinski definition) is 2. The standard InChI is InChI=1S/2C3H8O.2C3H7.Ti/c2*1-3(2)4;2*1-3-2;/h2*3-4H,1-2H3;2*3H,1-2H3;/q;;2*-1;+2. The summed E-state index contributed by atoms with van der Waals surface area (Å²) in [5.74, 6) is 0. The molecule has 3 heteroatoms. The molecule has 0 radical (unpaired) electrons. The zero-order chi connectivity index (χ0) is 12.6. The van der Waals surface area contributed by atoms with E-state index in [9.17, 15) is 0 Å². The predicted molar refractivity (Wildman–Crippen MR) is 66.0 cm³/mol. The third kappa shape index (κ3) is 5810. The molecule has 0 aromatic rings. The van der Waals surface area contributed by atoms with Crippen LogP contribution in [0.4, 0.5) is 0 Å². The minimum atomic E-state index is -0.167. The monoisotopic (exact) mass is 254 g/mol. The van der Waals surface area contributed by atoms with E-state index >= 15 is 0 Å². The Hall–Kier alpha value is 0.634. The van der Waals surface area contributed by atoms with Crippen molar-refractivity contribution in [2.75, 3.05) is 0 Å². The Bertz CT molecular complexity index is 44.1. The normalized spacial score (nSPS) is 7.20. The Morgan fingerprint density at radius 3 is 0.667 bits per heavy atom. The van der Waals surface area contributed by atoms with Crippen LogP contribution in [0.5, 0.6) is 0 Å². The first-order chi connectivity index (χ1) is 6.29. The van der Waals surface area contributed by atoms with Gasteiger partial charge < -0.3 is 23.1 Å². The fourth-order valence-electron chi connectivity index (χ4n) is 0. The van der Waals surface area contributed by atoms with E-state index in [0.717, 1.165) is 0 Å². The van der Waals surface area contributed by atoms with Gasteiger partial charge in [-0.15, -0.1) is 0 Å². The van der Waals surface area contributed by atoms with Crippen molar-refractivity contribution in [2.45, 2.75) is 67.6 Å². The molecule has 2 nitrogen and oxygen atoms in total. The van der Waals surface area contributed by atoms with E-state index in [2.05, 4.69) is 0 Å². The second-order valence-electron chi connectivity index (χ2n) is 3.34. The van der Waals surface area contributed by atoms with Crippen LogP contribution >= 0.6 is 0 Å². The largest absolute Gasteiger partial charge is 2.00 e. The summed E-state index contributed by atoms with van der Waals surface area (Å²) in [4.78, 5) is 0. The van der Waals surface area contributed by atoms with Gasteiger partial charge in [-0.2, -0.15) is 27.7 Å². The molecule has 0 saturated carbocycles. The molecular weight excluding hydrogens is 224 g/mol. The van der Waals surface area contributed by atoms with Crippen LogP contribution in [0.25, 0.3) is 0 Å². The molecule has 0 rings (SSSR count). The third-order valence-corrected chi connectivity index (χ3v) is 0. The summed E-state index contributed by atoms with van der Waals surface area (Å²) < 4.78 is 0. The number of rotatable bonds is 0. The van der Waals surface area contributed by atoms with E-state index in [4.69, 9.17) is 10.2 Å². The summed E-state index contributed by atoms with van der Waals surface area (Å²) >= 11 is 0. The topological polar surface area (TPSA) is 40.5 Å². The molecule has 0 saturated heterocycles. The van der Waals surface area contributed by atoms with Gasteiger partial charge in [0.25, 0.3) is 0 Å². The van der Waals surface area contributed by atoms with Gasteiger partial charge in [0.1, 0.15) is 0 Å². The van der Waals surface area contributed by atoms with Gasteiger partial charge in [0, 0.05) is 12.2 Å². The van der Waals surface area contributed by atoms with E-state index in [1.165, 1.54) is 0 Å². The Balaban J connectivity index is -0.0000000293. The van der Waals surface area contributed by atoms with Crippen molar-refractivity contribution in [1.82, 2.24) is 0 Å². The molecule has 15 heavy (non-hydrogen) atoms. The Kier molecular flexibility index (Phi) is 72.0. The summed E-state index contributed by atoms with van der Waals surface area (Å²) in [7, 11) is 0. The van der Waals surface area contributed by atoms with Gasteiger partial charge in [-0.05, 0) is 27.7 Å². The minimum Gasteiger partial charge on any atom is -0.394 e. The van der Waals surface area contributed by atoms with Gasteiger partial charge in [0.2, 0.25) is 0 Å². The van der Waals surface area contributed by atoms with Gasteiger partial charge in [-0.25, -0.2) is 0 Å². The van der Waals surface area contributed by atoms with Crippen molar-refractivity contribution in [3.63, 3.8) is 0 Å². The van der Waals surface area contributed by atoms with Crippen LogP contribution < -0.4 is 0 Å². The maximum atomic E-state index is 8.06. The van der Waals surface area contributed by atoms with Crippen LogP contribution in [0.15, 0.2) is 0 Å². The van der Waals surface area contributed by atoms with Crippen LogP contribution in [0, 0.1) is 12.8 Å². The van der Waals surface area contributed by atoms with Crippen molar-refractivity contribution in [1.29, 1.82) is 0 Å². The van der Waals surface area contributed by atoms with Gasteiger partial charge in [0.15, 0.2) is 0 Å². The molecule has 2 N–H and O–H groups in total. The van der Waals surface area contributed by atoms with E-state index in [-0.39, 0.29) is 33.9 Å². The molecule has 0 fully saturated rings. The van der Waals surface area contributed by atoms with Crippen molar-refractivity contribution < 1.29 is 31.9 Å². The summed E-state index contributed by atoms with van der Waals surface area (Å²) in [6, 6.07) is 0. The average molecular weight is 254 g/mol. The molecule has 0 bridgehead atoms. The first-order valence-corrected chi connectivity index (χ1v) is 5.14. The summed E-state index contributed by atoms with van der Waals surface area (Å²) in [5.41, 5.74) is 0. The van der Waals surface area contributed by atoms with Gasteiger partial charge in [0.05, 0.1) is 0 Å². The number of aliphatic hydroxyl groups excluding tert-OH is 2. The van der Waals surface area contributed by atoms with Crippen LogP contribution in [-0.4, -0.2) is 22.4 Å². The SMILES string of the molecule is CC(C)O.CC(C)O.C[CH-]C.C[CH-]C.[Ti+2]. The number of hydrogen-bond donors (Lipinski definition) is 2. The summed E-state index contributed by atoms with van der Waals surface area (Å²) in [6.45, 7) is 14.9. The molecule has 0 aliphatic rings. The summed E-state index contributed by atoms with van der Waals surface area (Å²) in [5, 5.41) is 16.1. The Morgan fingerprint density at radius 1 is 0.667 bits per heavy atom. The van der Waals surface area contributed by atoms with Crippen LogP contribution in [0.2, 0.25) is 0 Å². The van der Waals surface area contributed by atoms with Gasteiger partial charge in [-0.3, -0.25) is 0 Å². The Morgan fingerprint density at radius 2 is 0.667 bits per heavy atom. The van der Waals surface area contributed by atoms with Gasteiger partial charge in [-0.1, -0.05) is 0 Å². The molecule has 0 heterocycles. The number of aliphatic hydroxyl groups is 2. The second kappa shape index (κ2) is 36.5. The summed E-state index contributed by atoms with van der Waals surface area (Å²) in [6.07, 6.45) is 3.67. The molecule has 0 aliphatic heterocycles. The molecule has 0 aromatic heterocycles. The fraction of sp³-hybridized carbons (Fsp3) is 0.833. The quantitative estimate of drug-likeness (QED) is 0.514. The molecule has 0 aliphatic carbocycles. The molecule has 0 atom stereocenters. The average Bonchev–Trinajstić information content (AvgIpc) is 1.85. The maximum Gasteiger partial charge on any atom is 2.00 e. The Labute approximate surface area is 112 Å². The molecule has 0 spiro atoms. The van der Waals surface area contributed by atoms with E-state index < -0.39 is 0 Å². The maximum absolute atomic E-state index is 8.06. The minimum absolute atomic E-state index is 0. The van der Waals surface area contributed by atoms with Crippen molar-refractivity contribution in [3.8, 4) is 0 Å².